The van der Waals surface area contributed by atoms with E-state index in [9.17, 15) is 0 Å². The van der Waals surface area contributed by atoms with E-state index >= 15 is 0 Å². The minimum Gasteiger partial charge on any atom is -0.748 e. The summed E-state index contributed by atoms with van der Waals surface area (Å²) in [5.74, 6) is 0. The first-order chi connectivity index (χ1) is 34.3. The van der Waals surface area contributed by atoms with Gasteiger partial charge in [-0.3, -0.25) is 0 Å². The van der Waals surface area contributed by atoms with Crippen molar-refractivity contribution >= 4 is 63.0 Å². The summed E-state index contributed by atoms with van der Waals surface area (Å²) < 4.78 is 81.7. The van der Waals surface area contributed by atoms with Crippen molar-refractivity contribution in [3.8, 4) is 0 Å². The van der Waals surface area contributed by atoms with E-state index < -0.39 is 30.4 Å². The van der Waals surface area contributed by atoms with Crippen LogP contribution in [-0.2, 0) is 63.0 Å². The van der Waals surface area contributed by atoms with Gasteiger partial charge in [-0.2, -0.15) is 0 Å². The maximum atomic E-state index is 9.08. The standard InChI is InChI=1S/3C18H15S.3CH4O3S/c3*1-4-10-16(11-5-1)19(17-12-6-2-7-13-17)18-14-8-3-9-15-18;3*1-5(2,3)4/h3*1-15H;3*1H3,(H,2,3,4)/q3*+1;;;/p-3. The average Bonchev–Trinajstić information content (AvgIpc) is 3.36. The Hall–Kier alpha value is -6.24. The van der Waals surface area contributed by atoms with Crippen LogP contribution < -0.4 is 0 Å². The van der Waals surface area contributed by atoms with Gasteiger partial charge in [0, 0.05) is 18.8 Å². The molecular formula is C57H54O9S6. The van der Waals surface area contributed by atoms with E-state index in [2.05, 4.69) is 273 Å². The first kappa shape index (κ1) is 58.3. The van der Waals surface area contributed by atoms with Crippen molar-refractivity contribution in [1.82, 2.24) is 0 Å². The van der Waals surface area contributed by atoms with Gasteiger partial charge in [-0.1, -0.05) is 164 Å². The van der Waals surface area contributed by atoms with E-state index in [0.717, 1.165) is 0 Å². The molecule has 0 saturated heterocycles. The van der Waals surface area contributed by atoms with Gasteiger partial charge in [0.25, 0.3) is 0 Å². The van der Waals surface area contributed by atoms with Crippen molar-refractivity contribution in [2.24, 2.45) is 0 Å². The van der Waals surface area contributed by atoms with Crippen LogP contribution in [0.2, 0.25) is 0 Å². The molecule has 15 heteroatoms. The molecule has 0 N–H and O–H groups in total. The van der Waals surface area contributed by atoms with Crippen molar-refractivity contribution in [3.63, 3.8) is 0 Å². The largest absolute Gasteiger partial charge is 0.748 e. The van der Waals surface area contributed by atoms with Crippen LogP contribution in [0.4, 0.5) is 0 Å². The summed E-state index contributed by atoms with van der Waals surface area (Å²) in [6, 6.07) is 96.5. The van der Waals surface area contributed by atoms with Gasteiger partial charge in [-0.15, -0.1) is 0 Å². The summed E-state index contributed by atoms with van der Waals surface area (Å²) in [7, 11) is -11.8. The molecule has 9 aromatic rings. The van der Waals surface area contributed by atoms with Crippen LogP contribution >= 0.6 is 0 Å². The highest BCUT2D eigenvalue weighted by molar-refractivity contribution is 7.97. The zero-order valence-electron chi connectivity index (χ0n) is 39.6. The van der Waals surface area contributed by atoms with Crippen molar-refractivity contribution < 1.29 is 38.9 Å². The second-order valence-corrected chi connectivity index (χ2v) is 25.2. The van der Waals surface area contributed by atoms with Crippen molar-refractivity contribution in [1.29, 1.82) is 0 Å². The zero-order chi connectivity index (χ0) is 52.2. The average molecular weight is 1080 g/mol. The molecule has 0 heterocycles. The molecule has 9 nitrogen and oxygen atoms in total. The van der Waals surface area contributed by atoms with Gasteiger partial charge in [0.05, 0.1) is 63.0 Å². The summed E-state index contributed by atoms with van der Waals surface area (Å²) in [6.07, 6.45) is 1.81. The first-order valence-electron chi connectivity index (χ1n) is 21.8. The molecular weight excluding hydrogens is 1020 g/mol. The maximum Gasteiger partial charge on any atom is 0.166 e. The van der Waals surface area contributed by atoms with E-state index in [1.165, 1.54) is 44.1 Å². The van der Waals surface area contributed by atoms with Gasteiger partial charge in [0.1, 0.15) is 0 Å². The third-order valence-electron chi connectivity index (χ3n) is 8.81. The highest BCUT2D eigenvalue weighted by Crippen LogP contribution is 2.33. The predicted molar refractivity (Wildman–Crippen MR) is 291 cm³/mol. The molecule has 0 saturated carbocycles. The number of rotatable bonds is 9. The van der Waals surface area contributed by atoms with E-state index in [-0.39, 0.29) is 32.7 Å². The van der Waals surface area contributed by atoms with Crippen LogP contribution in [-0.4, -0.2) is 57.7 Å². The van der Waals surface area contributed by atoms with Crippen LogP contribution in [0.15, 0.2) is 317 Å². The SMILES string of the molecule is CS(=O)(=O)[O-].CS(=O)(=O)[O-].CS(=O)(=O)[O-].c1ccc([S+](c2ccccc2)c2ccccc2)cc1.c1ccc([S+](c2ccccc2)c2ccccc2)cc1.c1ccc([S+](c2ccccc2)c2ccccc2)cc1. The van der Waals surface area contributed by atoms with Gasteiger partial charge in [-0.05, 0) is 109 Å². The molecule has 0 aliphatic heterocycles. The van der Waals surface area contributed by atoms with Crippen LogP contribution in [0.1, 0.15) is 0 Å². The summed E-state index contributed by atoms with van der Waals surface area (Å²) in [4.78, 5) is 12.2. The van der Waals surface area contributed by atoms with Crippen LogP contribution in [0.25, 0.3) is 0 Å². The molecule has 0 aromatic heterocycles. The van der Waals surface area contributed by atoms with E-state index in [1.54, 1.807) is 0 Å². The molecule has 72 heavy (non-hydrogen) atoms. The Morgan fingerprint density at radius 2 is 0.278 bits per heavy atom. The topological polar surface area (TPSA) is 172 Å². The van der Waals surface area contributed by atoms with Crippen LogP contribution in [0.5, 0.6) is 0 Å². The minimum atomic E-state index is -3.92. The fourth-order valence-electron chi connectivity index (χ4n) is 6.23. The smallest absolute Gasteiger partial charge is 0.166 e. The van der Waals surface area contributed by atoms with Crippen LogP contribution in [0.3, 0.4) is 0 Å². The number of hydrogen-bond acceptors (Lipinski definition) is 9. The summed E-state index contributed by atoms with van der Waals surface area (Å²) in [5, 5.41) is 0. The Kier molecular flexibility index (Phi) is 24.8. The quantitative estimate of drug-likeness (QED) is 0.101. The molecule has 0 spiro atoms. The number of hydrogen-bond donors (Lipinski definition) is 0. The molecule has 0 atom stereocenters. The van der Waals surface area contributed by atoms with Crippen molar-refractivity contribution in [2.75, 3.05) is 18.8 Å². The van der Waals surface area contributed by atoms with E-state index in [4.69, 9.17) is 38.9 Å². The highest BCUT2D eigenvalue weighted by Gasteiger charge is 2.29. The highest BCUT2D eigenvalue weighted by atomic mass is 32.2. The molecule has 9 rings (SSSR count). The van der Waals surface area contributed by atoms with Gasteiger partial charge >= 0.3 is 0 Å². The third-order valence-corrected chi connectivity index (χ3v) is 15.5. The van der Waals surface area contributed by atoms with Crippen LogP contribution in [0, 0.1) is 0 Å². The Morgan fingerprint density at radius 1 is 0.208 bits per heavy atom. The summed E-state index contributed by atoms with van der Waals surface area (Å²) in [5.41, 5.74) is 0. The van der Waals surface area contributed by atoms with E-state index in [0.29, 0.717) is 18.8 Å². The molecule has 9 aromatic carbocycles. The van der Waals surface area contributed by atoms with Gasteiger partial charge in [0.15, 0.2) is 44.1 Å². The maximum absolute atomic E-state index is 9.08. The second-order valence-electron chi connectivity index (χ2n) is 14.8. The third kappa shape index (κ3) is 24.3. The Balaban J connectivity index is 0.000000205. The zero-order valence-corrected chi connectivity index (χ0v) is 44.5. The summed E-state index contributed by atoms with van der Waals surface area (Å²) >= 11 is 0. The Morgan fingerprint density at radius 3 is 0.347 bits per heavy atom. The fraction of sp³-hybridized carbons (Fsp3) is 0.0526. The number of benzene rings is 9. The molecule has 0 aliphatic rings. The van der Waals surface area contributed by atoms with Gasteiger partial charge in [-0.25, -0.2) is 25.3 Å². The normalized spacial score (nSPS) is 10.8. The fourth-order valence-corrected chi connectivity index (χ4v) is 12.5. The molecule has 0 amide bonds. The summed E-state index contributed by atoms with van der Waals surface area (Å²) in [6.45, 7) is 0. The lowest BCUT2D eigenvalue weighted by Crippen LogP contribution is -2.04. The van der Waals surface area contributed by atoms with Crippen molar-refractivity contribution in [3.05, 3.63) is 273 Å². The first-order valence-corrected chi connectivity index (χ1v) is 30.9. The van der Waals surface area contributed by atoms with Gasteiger partial charge in [0.2, 0.25) is 0 Å². The Labute approximate surface area is 434 Å². The lowest BCUT2D eigenvalue weighted by Gasteiger charge is -2.07. The second kappa shape index (κ2) is 30.6. The molecule has 0 fully saturated rings. The lowest BCUT2D eigenvalue weighted by atomic mass is 10.4. The molecule has 372 valence electrons. The lowest BCUT2D eigenvalue weighted by molar-refractivity contribution is 0.468. The minimum absolute atomic E-state index is 0.0146. The molecule has 0 unspecified atom stereocenters. The Bertz CT molecular complexity index is 2550. The van der Waals surface area contributed by atoms with E-state index in [1.807, 2.05) is 0 Å². The van der Waals surface area contributed by atoms with Crippen molar-refractivity contribution in [2.45, 2.75) is 44.1 Å². The predicted octanol–water partition coefficient (Wildman–Crippen LogP) is 11.8. The molecule has 0 aliphatic carbocycles. The monoisotopic (exact) mass is 1070 g/mol. The van der Waals surface area contributed by atoms with Gasteiger partial charge < -0.3 is 13.7 Å². The molecule has 0 bridgehead atoms. The molecule has 0 radical (unpaired) electrons.